The van der Waals surface area contributed by atoms with Gasteiger partial charge in [-0.1, -0.05) is 84.0 Å². The Balaban J connectivity index is 3.37. The van der Waals surface area contributed by atoms with Crippen molar-refractivity contribution in [1.82, 2.24) is 10.6 Å². The molecule has 2 amide bonds. The van der Waals surface area contributed by atoms with Crippen molar-refractivity contribution >= 4 is 18.1 Å². The maximum Gasteiger partial charge on any atom is 0.242 e. The Morgan fingerprint density at radius 2 is 1.27 bits per heavy atom. The van der Waals surface area contributed by atoms with Crippen LogP contribution in [0.15, 0.2) is 0 Å². The van der Waals surface area contributed by atoms with Gasteiger partial charge in [-0.2, -0.15) is 0 Å². The van der Waals surface area contributed by atoms with Crippen LogP contribution in [0.2, 0.25) is 0 Å². The lowest BCUT2D eigenvalue weighted by molar-refractivity contribution is -0.129. The summed E-state index contributed by atoms with van der Waals surface area (Å²) in [6.07, 6.45) is 17.7. The van der Waals surface area contributed by atoms with E-state index in [-0.39, 0.29) is 18.4 Å². The Bertz CT molecular complexity index is 372. The smallest absolute Gasteiger partial charge is 0.242 e. The fraction of sp³-hybridized carbons (Fsp3) is 0.857. The summed E-state index contributed by atoms with van der Waals surface area (Å²) >= 11 is 0. The van der Waals surface area contributed by atoms with Crippen LogP contribution in [0.4, 0.5) is 0 Å². The molecule has 0 saturated heterocycles. The Labute approximate surface area is 160 Å². The van der Waals surface area contributed by atoms with E-state index in [1.807, 2.05) is 0 Å². The summed E-state index contributed by atoms with van der Waals surface area (Å²) in [7, 11) is 0. The molecule has 5 heteroatoms. The second kappa shape index (κ2) is 18.4. The number of rotatable bonds is 18. The number of nitrogens with one attached hydrogen (secondary N) is 2. The average molecular weight is 369 g/mol. The van der Waals surface area contributed by atoms with E-state index in [1.54, 1.807) is 6.92 Å². The number of amides is 2. The molecule has 0 rings (SSSR count). The third-order valence-corrected chi connectivity index (χ3v) is 4.64. The molecular formula is C21H40N2O3. The van der Waals surface area contributed by atoms with Crippen molar-refractivity contribution in [3.05, 3.63) is 0 Å². The molecule has 0 aliphatic carbocycles. The predicted octanol–water partition coefficient (Wildman–Crippen LogP) is 4.29. The monoisotopic (exact) mass is 368 g/mol. The van der Waals surface area contributed by atoms with E-state index >= 15 is 0 Å². The molecule has 2 N–H and O–H groups in total. The van der Waals surface area contributed by atoms with Gasteiger partial charge in [0.25, 0.3) is 0 Å². The standard InChI is InChI=1S/C21H40N2O3/c1-3-4-5-6-7-8-9-10-11-12-13-14-15-16-20(25)23-19(2)21(26)22-17-18-24/h18-19H,3-17H2,1-2H3,(H,22,26)(H,23,25)/t19-/m0/s1. The fourth-order valence-corrected chi connectivity index (χ4v) is 2.98. The lowest BCUT2D eigenvalue weighted by atomic mass is 10.0. The molecule has 0 fully saturated rings. The number of carbonyl (C=O) groups excluding carboxylic acids is 3. The molecule has 5 nitrogen and oxygen atoms in total. The molecule has 0 bridgehead atoms. The van der Waals surface area contributed by atoms with Crippen molar-refractivity contribution in [3.8, 4) is 0 Å². The normalized spacial score (nSPS) is 11.8. The van der Waals surface area contributed by atoms with Gasteiger partial charge in [-0.25, -0.2) is 0 Å². The highest BCUT2D eigenvalue weighted by atomic mass is 16.2. The molecule has 0 radical (unpaired) electrons. The van der Waals surface area contributed by atoms with Gasteiger partial charge in [-0.3, -0.25) is 9.59 Å². The van der Waals surface area contributed by atoms with Gasteiger partial charge in [0.1, 0.15) is 12.3 Å². The number of unbranched alkanes of at least 4 members (excludes halogenated alkanes) is 12. The summed E-state index contributed by atoms with van der Waals surface area (Å²) in [4.78, 5) is 33.5. The van der Waals surface area contributed by atoms with Crippen LogP contribution < -0.4 is 10.6 Å². The largest absolute Gasteiger partial charge is 0.348 e. The minimum atomic E-state index is -0.593. The van der Waals surface area contributed by atoms with Crippen LogP contribution >= 0.6 is 0 Å². The van der Waals surface area contributed by atoms with Gasteiger partial charge in [-0.15, -0.1) is 0 Å². The van der Waals surface area contributed by atoms with Gasteiger partial charge in [0, 0.05) is 6.42 Å². The highest BCUT2D eigenvalue weighted by molar-refractivity contribution is 5.88. The van der Waals surface area contributed by atoms with Crippen molar-refractivity contribution in [2.45, 2.75) is 110 Å². The molecule has 0 aliphatic heterocycles. The van der Waals surface area contributed by atoms with Gasteiger partial charge < -0.3 is 15.4 Å². The number of hydrogen-bond donors (Lipinski definition) is 2. The van der Waals surface area contributed by atoms with Crippen molar-refractivity contribution in [2.24, 2.45) is 0 Å². The van der Waals surface area contributed by atoms with E-state index in [0.717, 1.165) is 12.8 Å². The molecule has 0 aromatic heterocycles. The predicted molar refractivity (Wildman–Crippen MR) is 107 cm³/mol. The summed E-state index contributed by atoms with van der Waals surface area (Å²) in [6.45, 7) is 3.86. The van der Waals surface area contributed by atoms with E-state index in [0.29, 0.717) is 12.7 Å². The SMILES string of the molecule is CCCCCCCCCCCCCCCC(=O)N[C@@H](C)C(=O)NCC=O. The highest BCUT2D eigenvalue weighted by Gasteiger charge is 2.14. The first-order chi connectivity index (χ1) is 12.6. The molecule has 0 aromatic rings. The summed E-state index contributed by atoms with van der Waals surface area (Å²) in [5.41, 5.74) is 0. The van der Waals surface area contributed by atoms with Crippen LogP contribution in [0.5, 0.6) is 0 Å². The first-order valence-corrected chi connectivity index (χ1v) is 10.6. The van der Waals surface area contributed by atoms with Gasteiger partial charge in [0.05, 0.1) is 6.54 Å². The van der Waals surface area contributed by atoms with Crippen molar-refractivity contribution in [3.63, 3.8) is 0 Å². The molecule has 0 aromatic carbocycles. The third kappa shape index (κ3) is 16.1. The summed E-state index contributed by atoms with van der Waals surface area (Å²) in [5.74, 6) is -0.419. The van der Waals surface area contributed by atoms with Gasteiger partial charge in [0.2, 0.25) is 11.8 Å². The first kappa shape index (κ1) is 24.6. The van der Waals surface area contributed by atoms with E-state index < -0.39 is 6.04 Å². The van der Waals surface area contributed by atoms with E-state index in [2.05, 4.69) is 17.6 Å². The molecular weight excluding hydrogens is 328 g/mol. The molecule has 0 heterocycles. The molecule has 26 heavy (non-hydrogen) atoms. The van der Waals surface area contributed by atoms with Crippen LogP contribution in [0.25, 0.3) is 0 Å². The maximum absolute atomic E-state index is 11.8. The van der Waals surface area contributed by atoms with E-state index in [1.165, 1.54) is 70.6 Å². The average Bonchev–Trinajstić information content (AvgIpc) is 2.63. The molecule has 0 unspecified atom stereocenters. The van der Waals surface area contributed by atoms with Crippen LogP contribution in [0.3, 0.4) is 0 Å². The van der Waals surface area contributed by atoms with E-state index in [9.17, 15) is 14.4 Å². The summed E-state index contributed by atoms with van der Waals surface area (Å²) in [5, 5.41) is 5.10. The zero-order valence-electron chi connectivity index (χ0n) is 17.0. The van der Waals surface area contributed by atoms with Crippen LogP contribution in [-0.2, 0) is 14.4 Å². The zero-order valence-corrected chi connectivity index (χ0v) is 17.0. The zero-order chi connectivity index (χ0) is 19.5. The number of aldehydes is 1. The highest BCUT2D eigenvalue weighted by Crippen LogP contribution is 2.12. The molecule has 0 aliphatic rings. The molecule has 152 valence electrons. The quantitative estimate of drug-likeness (QED) is 0.280. The van der Waals surface area contributed by atoms with Crippen molar-refractivity contribution in [1.29, 1.82) is 0 Å². The number of carbonyl (C=O) groups is 3. The maximum atomic E-state index is 11.8. The second-order valence-electron chi connectivity index (χ2n) is 7.19. The van der Waals surface area contributed by atoms with E-state index in [4.69, 9.17) is 0 Å². The van der Waals surface area contributed by atoms with Crippen LogP contribution in [-0.4, -0.2) is 30.7 Å². The van der Waals surface area contributed by atoms with Crippen molar-refractivity contribution < 1.29 is 14.4 Å². The fourth-order valence-electron chi connectivity index (χ4n) is 2.98. The minimum Gasteiger partial charge on any atom is -0.348 e. The lowest BCUT2D eigenvalue weighted by Gasteiger charge is -2.12. The van der Waals surface area contributed by atoms with Gasteiger partial charge in [0.15, 0.2) is 0 Å². The second-order valence-corrected chi connectivity index (χ2v) is 7.19. The molecule has 0 saturated carbocycles. The molecule has 1 atom stereocenters. The van der Waals surface area contributed by atoms with Crippen molar-refractivity contribution in [2.75, 3.05) is 6.54 Å². The first-order valence-electron chi connectivity index (χ1n) is 10.6. The summed E-state index contributed by atoms with van der Waals surface area (Å²) < 4.78 is 0. The Morgan fingerprint density at radius 3 is 1.73 bits per heavy atom. The Hall–Kier alpha value is -1.39. The van der Waals surface area contributed by atoms with Gasteiger partial charge >= 0.3 is 0 Å². The van der Waals surface area contributed by atoms with Crippen LogP contribution in [0, 0.1) is 0 Å². The molecule has 0 spiro atoms. The minimum absolute atomic E-state index is 0.0160. The summed E-state index contributed by atoms with van der Waals surface area (Å²) in [6, 6.07) is -0.593. The van der Waals surface area contributed by atoms with Gasteiger partial charge in [-0.05, 0) is 13.3 Å². The lowest BCUT2D eigenvalue weighted by Crippen LogP contribution is -2.45. The number of hydrogen-bond acceptors (Lipinski definition) is 3. The topological polar surface area (TPSA) is 75.3 Å². The van der Waals surface area contributed by atoms with Crippen LogP contribution in [0.1, 0.15) is 104 Å². The third-order valence-electron chi connectivity index (χ3n) is 4.64. The Kier molecular flexibility index (Phi) is 17.4. The Morgan fingerprint density at radius 1 is 0.808 bits per heavy atom.